The average molecular weight is 199 g/mol. The third-order valence-electron chi connectivity index (χ3n) is 0.351. The summed E-state index contributed by atoms with van der Waals surface area (Å²) in [5, 5.41) is 6.25. The van der Waals surface area contributed by atoms with E-state index in [2.05, 4.69) is 37.6 Å². The monoisotopic (exact) mass is 199 g/mol. The molecule has 1 rings (SSSR count). The molecule has 0 spiro atoms. The summed E-state index contributed by atoms with van der Waals surface area (Å²) in [6, 6.07) is 12.0. The summed E-state index contributed by atoms with van der Waals surface area (Å²) < 4.78 is 15.0. The van der Waals surface area contributed by atoms with Gasteiger partial charge in [0.05, 0.1) is 0 Å². The second-order valence-electron chi connectivity index (χ2n) is 0.683. The molecule has 4 heteroatoms. The van der Waals surface area contributed by atoms with Crippen molar-refractivity contribution in [1.29, 1.82) is 5.26 Å². The Morgan fingerprint density at radius 2 is 1.17 bits per heavy atom. The van der Waals surface area contributed by atoms with Crippen molar-refractivity contribution in [3.8, 4) is 0 Å². The third kappa shape index (κ3) is 36.9. The van der Waals surface area contributed by atoms with E-state index in [1.54, 1.807) is 6.07 Å². The molecule has 1 aromatic carbocycles. The quantitative estimate of drug-likeness (QED) is 0.343. The molecule has 3 nitrogen and oxygen atoms in total. The summed E-state index contributed by atoms with van der Waals surface area (Å²) in [7, 11) is 0. The van der Waals surface area contributed by atoms with Crippen molar-refractivity contribution < 1.29 is 26.4 Å². The number of hydrogen-bond acceptors (Lipinski definition) is 1. The van der Waals surface area contributed by atoms with Gasteiger partial charge in [0.25, 0.3) is 0 Å². The van der Waals surface area contributed by atoms with E-state index in [9.17, 15) is 0 Å². The molecule has 0 radical (unpaired) electrons. The van der Waals surface area contributed by atoms with Crippen LogP contribution in [-0.4, -0.2) is 0 Å². The Morgan fingerprint density at radius 1 is 0.917 bits per heavy atom. The van der Waals surface area contributed by atoms with Gasteiger partial charge >= 0.3 is 22.6 Å². The second-order valence-corrected chi connectivity index (χ2v) is 0.683. The molecule has 12 heavy (non-hydrogen) atoms. The fourth-order valence-electron chi connectivity index (χ4n) is 0.180. The smallest absolute Gasteiger partial charge is 0 e. The van der Waals surface area contributed by atoms with Crippen LogP contribution >= 0.6 is 0 Å². The summed E-state index contributed by atoms with van der Waals surface area (Å²) in [6.45, 7) is 13.8. The maximum Gasteiger partial charge on any atom is 0 e. The van der Waals surface area contributed by atoms with E-state index in [0.29, 0.717) is 0 Å². The number of nitrogens with zero attached hydrogens (tertiary/aromatic N) is 1. The zero-order valence-electron chi connectivity index (χ0n) is 5.69. The van der Waals surface area contributed by atoms with Crippen molar-refractivity contribution in [2.75, 3.05) is 0 Å². The molecule has 0 saturated heterocycles. The SMILES string of the molecule is [C-]#N.[C-]#[O+].[C-]#[O+].[Fe].[c-]1[c-][c-][cH-][c-]1. The Morgan fingerprint density at radius 3 is 1.25 bits per heavy atom. The van der Waals surface area contributed by atoms with Gasteiger partial charge in [0.15, 0.2) is 0 Å². The molecular weight excluding hydrogens is 198 g/mol. The Bertz CT molecular complexity index is 145. The van der Waals surface area contributed by atoms with Crippen LogP contribution in [0.3, 0.4) is 0 Å². The zero-order chi connectivity index (χ0) is 9.54. The van der Waals surface area contributed by atoms with Gasteiger partial charge in [-0.3, -0.25) is 0 Å². The minimum absolute atomic E-state index is 0. The molecule has 0 aliphatic rings. The molecule has 0 aliphatic carbocycles. The largest absolute Gasteiger partial charge is 0.999 e. The first-order valence-corrected chi connectivity index (χ1v) is 1.96. The van der Waals surface area contributed by atoms with Gasteiger partial charge in [0, 0.05) is 17.1 Å². The predicted octanol–water partition coefficient (Wildman–Crippen LogP) is 0.625. The summed E-state index contributed by atoms with van der Waals surface area (Å²) in [5.74, 6) is 0. The van der Waals surface area contributed by atoms with Gasteiger partial charge in [-0.25, -0.2) is 0 Å². The summed E-state index contributed by atoms with van der Waals surface area (Å²) in [4.78, 5) is 0. The van der Waals surface area contributed by atoms with Crippen LogP contribution in [0.1, 0.15) is 0 Å². The van der Waals surface area contributed by atoms with Crippen LogP contribution in [0, 0.1) is 49.4 Å². The van der Waals surface area contributed by atoms with Crippen LogP contribution in [0.4, 0.5) is 0 Å². The first-order chi connectivity index (χ1) is 5.50. The summed E-state index contributed by atoms with van der Waals surface area (Å²) in [6.07, 6.45) is 0. The molecule has 0 bridgehead atoms. The fraction of sp³-hybridized carbons (Fsp3) is 0. The minimum atomic E-state index is 0. The molecule has 0 atom stereocenters. The van der Waals surface area contributed by atoms with E-state index < -0.39 is 0 Å². The van der Waals surface area contributed by atoms with E-state index in [1.165, 1.54) is 0 Å². The van der Waals surface area contributed by atoms with E-state index in [1.807, 2.05) is 0 Å². The van der Waals surface area contributed by atoms with Gasteiger partial charge in [-0.15, -0.1) is 0 Å². The van der Waals surface area contributed by atoms with Gasteiger partial charge in [0.1, 0.15) is 0 Å². The summed E-state index contributed by atoms with van der Waals surface area (Å²) in [5.41, 5.74) is 0. The number of rotatable bonds is 0. The molecule has 0 unspecified atom stereocenters. The van der Waals surface area contributed by atoms with Crippen LogP contribution in [0.2, 0.25) is 0 Å². The van der Waals surface area contributed by atoms with Gasteiger partial charge in [-0.05, 0) is 0 Å². The molecule has 0 N–H and O–H groups in total. The van der Waals surface area contributed by atoms with Crippen molar-refractivity contribution in [1.82, 2.24) is 0 Å². The van der Waals surface area contributed by atoms with Crippen LogP contribution in [0.25, 0.3) is 0 Å². The normalized spacial score (nSPS) is 3.83. The van der Waals surface area contributed by atoms with Crippen molar-refractivity contribution >= 4 is 0 Å². The van der Waals surface area contributed by atoms with Crippen molar-refractivity contribution in [3.05, 3.63) is 50.2 Å². The van der Waals surface area contributed by atoms with Crippen molar-refractivity contribution in [2.45, 2.75) is 0 Å². The maximum atomic E-state index is 7.50. The summed E-state index contributed by atoms with van der Waals surface area (Å²) >= 11 is 0. The zero-order valence-corrected chi connectivity index (χ0v) is 6.80. The maximum absolute atomic E-state index is 7.50. The fourth-order valence-corrected chi connectivity index (χ4v) is 0.180. The molecule has 0 amide bonds. The third-order valence-corrected chi connectivity index (χ3v) is 0.351. The predicted molar refractivity (Wildman–Crippen MR) is 30.2 cm³/mol. The van der Waals surface area contributed by atoms with Gasteiger partial charge < -0.3 is 42.2 Å². The second kappa shape index (κ2) is 52.2. The average Bonchev–Trinajstić information content (AvgIpc) is 2.71. The van der Waals surface area contributed by atoms with Crippen molar-refractivity contribution in [2.24, 2.45) is 0 Å². The van der Waals surface area contributed by atoms with Crippen LogP contribution < -0.4 is 0 Å². The van der Waals surface area contributed by atoms with Gasteiger partial charge in [-0.2, -0.15) is 0 Å². The van der Waals surface area contributed by atoms with Crippen LogP contribution in [-0.2, 0) is 26.4 Å². The molecule has 1 aromatic rings. The molecule has 0 fully saturated rings. The molecule has 0 aromatic heterocycles. The van der Waals surface area contributed by atoms with Crippen molar-refractivity contribution in [3.63, 3.8) is 0 Å². The van der Waals surface area contributed by atoms with Crippen LogP contribution in [0.15, 0.2) is 6.07 Å². The van der Waals surface area contributed by atoms with Crippen LogP contribution in [0.5, 0.6) is 0 Å². The van der Waals surface area contributed by atoms with E-state index in [-0.39, 0.29) is 17.1 Å². The topological polar surface area (TPSA) is 63.6 Å². The van der Waals surface area contributed by atoms with Gasteiger partial charge in [-0.1, -0.05) is 0 Å². The Labute approximate surface area is 82.3 Å². The van der Waals surface area contributed by atoms with E-state index >= 15 is 0 Å². The Balaban J connectivity index is -0.0000000406. The Kier molecular flexibility index (Phi) is 97.5. The molecule has 0 aliphatic heterocycles. The van der Waals surface area contributed by atoms with Gasteiger partial charge in [0.2, 0.25) is 0 Å². The Hall–Kier alpha value is -1.16. The first kappa shape index (κ1) is 22.4. The number of hydrogen-bond donors (Lipinski definition) is 0. The molecule has 0 saturated carbocycles. The standard InChI is InChI=1S/C5H.CN.2CO.Fe/c1-2-4-5-3-1;3*1-2;/h1H;;;;/q-5;-1;;;. The first-order valence-electron chi connectivity index (χ1n) is 1.96. The minimum Gasteiger partial charge on any atom is -0.999 e. The molecule has 64 valence electrons. The van der Waals surface area contributed by atoms with E-state index in [0.717, 1.165) is 0 Å². The molecular formula is C8HFeNO2-6. The van der Waals surface area contributed by atoms with E-state index in [4.69, 9.17) is 21.1 Å². The molecule has 0 heterocycles.